The minimum Gasteiger partial charge on any atom is -0.496 e. The maximum atomic E-state index is 6.00. The van der Waals surface area contributed by atoms with Gasteiger partial charge < -0.3 is 15.0 Å². The molecule has 0 fully saturated rings. The van der Waals surface area contributed by atoms with Crippen molar-refractivity contribution in [2.75, 3.05) is 12.8 Å². The van der Waals surface area contributed by atoms with E-state index < -0.39 is 0 Å². The fraction of sp³-hybridized carbons (Fsp3) is 0.250. The number of methoxy groups -OCH3 is 1. The third kappa shape index (κ3) is 2.11. The predicted octanol–water partition coefficient (Wildman–Crippen LogP) is 2.69. The molecule has 0 amide bonds. The van der Waals surface area contributed by atoms with Crippen LogP contribution in [0.25, 0.3) is 11.0 Å². The highest BCUT2D eigenvalue weighted by atomic mass is 16.5. The first kappa shape index (κ1) is 13.4. The molecule has 21 heavy (non-hydrogen) atoms. The Bertz CT molecular complexity index is 807. The van der Waals surface area contributed by atoms with Crippen molar-refractivity contribution in [2.45, 2.75) is 20.4 Å². The Labute approximate surface area is 123 Å². The molecule has 3 rings (SSSR count). The van der Waals surface area contributed by atoms with Gasteiger partial charge in [0.05, 0.1) is 19.0 Å². The summed E-state index contributed by atoms with van der Waals surface area (Å²) in [6, 6.07) is 8.00. The number of para-hydroxylation sites is 1. The van der Waals surface area contributed by atoms with Gasteiger partial charge in [-0.25, -0.2) is 9.97 Å². The second-order valence-corrected chi connectivity index (χ2v) is 5.07. The molecular formula is C16H18N4O. The van der Waals surface area contributed by atoms with Gasteiger partial charge in [-0.15, -0.1) is 0 Å². The Morgan fingerprint density at radius 2 is 1.95 bits per heavy atom. The van der Waals surface area contributed by atoms with Crippen LogP contribution >= 0.6 is 0 Å². The maximum Gasteiger partial charge on any atom is 0.146 e. The predicted molar refractivity (Wildman–Crippen MR) is 83.5 cm³/mol. The van der Waals surface area contributed by atoms with Gasteiger partial charge in [0.1, 0.15) is 23.5 Å². The van der Waals surface area contributed by atoms with Gasteiger partial charge >= 0.3 is 0 Å². The number of hydrogen-bond acceptors (Lipinski definition) is 4. The van der Waals surface area contributed by atoms with E-state index in [0.29, 0.717) is 12.4 Å². The van der Waals surface area contributed by atoms with Gasteiger partial charge in [0.15, 0.2) is 0 Å². The smallest absolute Gasteiger partial charge is 0.146 e. The summed E-state index contributed by atoms with van der Waals surface area (Å²) in [5, 5.41) is 0.935. The highest BCUT2D eigenvalue weighted by Crippen LogP contribution is 2.29. The second kappa shape index (κ2) is 5.09. The molecule has 3 aromatic rings. The Morgan fingerprint density at radius 3 is 2.71 bits per heavy atom. The van der Waals surface area contributed by atoms with E-state index in [9.17, 15) is 0 Å². The first-order valence-corrected chi connectivity index (χ1v) is 6.81. The van der Waals surface area contributed by atoms with Gasteiger partial charge in [-0.05, 0) is 25.5 Å². The van der Waals surface area contributed by atoms with Crippen molar-refractivity contribution in [2.24, 2.45) is 0 Å². The van der Waals surface area contributed by atoms with E-state index in [1.165, 1.54) is 6.33 Å². The molecule has 0 radical (unpaired) electrons. The van der Waals surface area contributed by atoms with Crippen LogP contribution in [0.3, 0.4) is 0 Å². The molecule has 2 aromatic heterocycles. The molecule has 2 heterocycles. The standard InChI is InChI=1S/C16H18N4O/c1-10-11(2)20(16-14(10)15(17)18-9-19-16)8-12-6-4-5-7-13(12)21-3/h4-7,9H,8H2,1-3H3,(H2,17,18,19). The number of nitrogen functional groups attached to an aromatic ring is 1. The third-order valence-corrected chi connectivity index (χ3v) is 3.96. The van der Waals surface area contributed by atoms with E-state index in [1.54, 1.807) is 7.11 Å². The average molecular weight is 282 g/mol. The van der Waals surface area contributed by atoms with Gasteiger partial charge in [-0.1, -0.05) is 18.2 Å². The normalized spacial score (nSPS) is 11.0. The average Bonchev–Trinajstić information content (AvgIpc) is 2.74. The lowest BCUT2D eigenvalue weighted by Crippen LogP contribution is -2.05. The summed E-state index contributed by atoms with van der Waals surface area (Å²) in [6.45, 7) is 4.82. The maximum absolute atomic E-state index is 6.00. The van der Waals surface area contributed by atoms with Crippen LogP contribution in [-0.2, 0) is 6.54 Å². The van der Waals surface area contributed by atoms with E-state index in [1.807, 2.05) is 18.2 Å². The third-order valence-electron chi connectivity index (χ3n) is 3.96. The lowest BCUT2D eigenvalue weighted by atomic mass is 10.2. The molecule has 0 aliphatic heterocycles. The van der Waals surface area contributed by atoms with E-state index in [0.717, 1.165) is 33.6 Å². The molecular weight excluding hydrogens is 264 g/mol. The van der Waals surface area contributed by atoms with E-state index in [-0.39, 0.29) is 0 Å². The van der Waals surface area contributed by atoms with Crippen molar-refractivity contribution in [1.82, 2.24) is 14.5 Å². The Balaban J connectivity index is 2.17. The lowest BCUT2D eigenvalue weighted by Gasteiger charge is -2.11. The quantitative estimate of drug-likeness (QED) is 0.802. The zero-order valence-corrected chi connectivity index (χ0v) is 12.4. The largest absolute Gasteiger partial charge is 0.496 e. The summed E-state index contributed by atoms with van der Waals surface area (Å²) in [6.07, 6.45) is 1.51. The van der Waals surface area contributed by atoms with Crippen molar-refractivity contribution in [1.29, 1.82) is 0 Å². The van der Waals surface area contributed by atoms with Crippen molar-refractivity contribution < 1.29 is 4.74 Å². The topological polar surface area (TPSA) is 66.0 Å². The van der Waals surface area contributed by atoms with Crippen molar-refractivity contribution in [3.05, 3.63) is 47.4 Å². The summed E-state index contributed by atoms with van der Waals surface area (Å²) in [4.78, 5) is 8.50. The van der Waals surface area contributed by atoms with Crippen molar-refractivity contribution in [3.8, 4) is 5.75 Å². The van der Waals surface area contributed by atoms with E-state index in [4.69, 9.17) is 10.5 Å². The molecule has 0 atom stereocenters. The molecule has 0 saturated carbocycles. The summed E-state index contributed by atoms with van der Waals surface area (Å²) in [7, 11) is 1.69. The van der Waals surface area contributed by atoms with Crippen molar-refractivity contribution in [3.63, 3.8) is 0 Å². The number of aryl methyl sites for hydroxylation is 1. The number of fused-ring (bicyclic) bond motifs is 1. The Kier molecular flexibility index (Phi) is 3.25. The summed E-state index contributed by atoms with van der Waals surface area (Å²) < 4.78 is 7.58. The number of anilines is 1. The molecule has 5 nitrogen and oxygen atoms in total. The lowest BCUT2D eigenvalue weighted by molar-refractivity contribution is 0.408. The molecule has 0 bridgehead atoms. The monoisotopic (exact) mass is 282 g/mol. The highest BCUT2D eigenvalue weighted by molar-refractivity contribution is 5.90. The van der Waals surface area contributed by atoms with Crippen LogP contribution in [-0.4, -0.2) is 21.6 Å². The minimum absolute atomic E-state index is 0.527. The fourth-order valence-electron chi connectivity index (χ4n) is 2.69. The van der Waals surface area contributed by atoms with Gasteiger partial charge in [-0.2, -0.15) is 0 Å². The number of hydrogen-bond donors (Lipinski definition) is 1. The first-order valence-electron chi connectivity index (χ1n) is 6.81. The van der Waals surface area contributed by atoms with Gasteiger partial charge in [0.25, 0.3) is 0 Å². The number of nitrogens with two attached hydrogens (primary N) is 1. The van der Waals surface area contributed by atoms with Crippen LogP contribution in [0.4, 0.5) is 5.82 Å². The van der Waals surface area contributed by atoms with Crippen LogP contribution in [0.15, 0.2) is 30.6 Å². The van der Waals surface area contributed by atoms with Crippen LogP contribution in [0.5, 0.6) is 5.75 Å². The zero-order valence-electron chi connectivity index (χ0n) is 12.4. The molecule has 1 aromatic carbocycles. The second-order valence-electron chi connectivity index (χ2n) is 5.07. The fourth-order valence-corrected chi connectivity index (χ4v) is 2.69. The van der Waals surface area contributed by atoms with Gasteiger partial charge in [-0.3, -0.25) is 0 Å². The Hall–Kier alpha value is -2.56. The molecule has 0 spiro atoms. The number of ether oxygens (including phenoxy) is 1. The minimum atomic E-state index is 0.527. The zero-order chi connectivity index (χ0) is 15.0. The van der Waals surface area contributed by atoms with Crippen molar-refractivity contribution >= 4 is 16.9 Å². The molecule has 2 N–H and O–H groups in total. The SMILES string of the molecule is COc1ccccc1Cn1c(C)c(C)c2c(N)ncnc21. The highest BCUT2D eigenvalue weighted by Gasteiger charge is 2.16. The van der Waals surface area contributed by atoms with Crippen LogP contribution in [0.2, 0.25) is 0 Å². The number of aromatic nitrogens is 3. The van der Waals surface area contributed by atoms with Crippen LogP contribution < -0.4 is 10.5 Å². The summed E-state index contributed by atoms with van der Waals surface area (Å²) >= 11 is 0. The molecule has 108 valence electrons. The molecule has 0 saturated heterocycles. The summed E-state index contributed by atoms with van der Waals surface area (Å²) in [5.41, 5.74) is 10.2. The van der Waals surface area contributed by atoms with Gasteiger partial charge in [0.2, 0.25) is 0 Å². The number of benzene rings is 1. The van der Waals surface area contributed by atoms with Gasteiger partial charge in [0, 0.05) is 11.3 Å². The molecule has 5 heteroatoms. The Morgan fingerprint density at radius 1 is 1.19 bits per heavy atom. The molecule has 0 unspecified atom stereocenters. The van der Waals surface area contributed by atoms with E-state index >= 15 is 0 Å². The molecule has 0 aliphatic carbocycles. The number of nitrogens with zero attached hydrogens (tertiary/aromatic N) is 3. The molecule has 0 aliphatic rings. The van der Waals surface area contributed by atoms with E-state index in [2.05, 4.69) is 34.4 Å². The first-order chi connectivity index (χ1) is 10.1. The number of rotatable bonds is 3. The summed E-state index contributed by atoms with van der Waals surface area (Å²) in [5.74, 6) is 1.40. The van der Waals surface area contributed by atoms with Crippen LogP contribution in [0.1, 0.15) is 16.8 Å². The van der Waals surface area contributed by atoms with Crippen LogP contribution in [0, 0.1) is 13.8 Å².